The van der Waals surface area contributed by atoms with Crippen molar-refractivity contribution in [1.29, 1.82) is 0 Å². The van der Waals surface area contributed by atoms with Crippen molar-refractivity contribution in [2.45, 2.75) is 12.4 Å². The lowest BCUT2D eigenvalue weighted by molar-refractivity contribution is 0.415. The van der Waals surface area contributed by atoms with Crippen LogP contribution in [0.4, 0.5) is 0 Å². The molecule has 0 N–H and O–H groups in total. The normalized spacial score (nSPS) is 11.2. The standard InChI is InChI=1S/C13H14ClN5O/c1-18-8-15-12(17-18)7-19-11-5-9(20-2)3-4-10(11)16-13(19)6-14/h3-5,8H,6-7H2,1-2H3. The number of nitrogens with zero attached hydrogens (tertiary/aromatic N) is 5. The molecule has 0 aliphatic carbocycles. The zero-order chi connectivity index (χ0) is 14.1. The van der Waals surface area contributed by atoms with Gasteiger partial charge in [0, 0.05) is 13.1 Å². The third kappa shape index (κ3) is 2.22. The molecule has 3 rings (SSSR count). The van der Waals surface area contributed by atoms with Crippen LogP contribution in [0, 0.1) is 0 Å². The topological polar surface area (TPSA) is 57.8 Å². The number of aromatic nitrogens is 5. The largest absolute Gasteiger partial charge is 0.497 e. The summed E-state index contributed by atoms with van der Waals surface area (Å²) >= 11 is 5.99. The van der Waals surface area contributed by atoms with E-state index in [1.807, 2.05) is 29.8 Å². The van der Waals surface area contributed by atoms with Gasteiger partial charge in [-0.05, 0) is 12.1 Å². The molecule has 2 heterocycles. The molecule has 0 bridgehead atoms. The van der Waals surface area contributed by atoms with Crippen LogP contribution in [0.2, 0.25) is 0 Å². The monoisotopic (exact) mass is 291 g/mol. The summed E-state index contributed by atoms with van der Waals surface area (Å²) in [5, 5.41) is 4.29. The molecule has 1 aromatic carbocycles. The minimum Gasteiger partial charge on any atom is -0.497 e. The van der Waals surface area contributed by atoms with Crippen LogP contribution in [0.5, 0.6) is 5.75 Å². The molecule has 3 aromatic rings. The van der Waals surface area contributed by atoms with Gasteiger partial charge in [0.25, 0.3) is 0 Å². The fraction of sp³-hybridized carbons (Fsp3) is 0.308. The Morgan fingerprint density at radius 3 is 2.85 bits per heavy atom. The van der Waals surface area contributed by atoms with Gasteiger partial charge in [0.05, 0.1) is 30.6 Å². The number of benzene rings is 1. The molecule has 0 atom stereocenters. The summed E-state index contributed by atoms with van der Waals surface area (Å²) in [5.41, 5.74) is 1.85. The third-order valence-electron chi connectivity index (χ3n) is 3.10. The highest BCUT2D eigenvalue weighted by atomic mass is 35.5. The fourth-order valence-electron chi connectivity index (χ4n) is 2.16. The van der Waals surface area contributed by atoms with Crippen LogP contribution in [0.25, 0.3) is 11.0 Å². The van der Waals surface area contributed by atoms with E-state index in [0.717, 1.165) is 28.4 Å². The van der Waals surface area contributed by atoms with E-state index in [0.29, 0.717) is 12.4 Å². The quantitative estimate of drug-likeness (QED) is 0.690. The number of alkyl halides is 1. The van der Waals surface area contributed by atoms with Gasteiger partial charge < -0.3 is 9.30 Å². The van der Waals surface area contributed by atoms with E-state index in [4.69, 9.17) is 16.3 Å². The molecular weight excluding hydrogens is 278 g/mol. The second-order valence-electron chi connectivity index (χ2n) is 4.44. The van der Waals surface area contributed by atoms with Crippen LogP contribution in [0.15, 0.2) is 24.5 Å². The van der Waals surface area contributed by atoms with Crippen molar-refractivity contribution in [3.63, 3.8) is 0 Å². The predicted molar refractivity (Wildman–Crippen MR) is 75.9 cm³/mol. The van der Waals surface area contributed by atoms with Gasteiger partial charge in [-0.2, -0.15) is 5.10 Å². The van der Waals surface area contributed by atoms with Gasteiger partial charge in [0.1, 0.15) is 17.9 Å². The van der Waals surface area contributed by atoms with E-state index >= 15 is 0 Å². The molecule has 0 saturated heterocycles. The zero-order valence-corrected chi connectivity index (χ0v) is 12.0. The first-order valence-corrected chi connectivity index (χ1v) is 6.68. The second kappa shape index (κ2) is 5.13. The smallest absolute Gasteiger partial charge is 0.170 e. The summed E-state index contributed by atoms with van der Waals surface area (Å²) in [6, 6.07) is 5.75. The van der Waals surface area contributed by atoms with Crippen molar-refractivity contribution in [2.75, 3.05) is 7.11 Å². The Morgan fingerprint density at radius 1 is 1.35 bits per heavy atom. The van der Waals surface area contributed by atoms with Gasteiger partial charge in [-0.1, -0.05) is 0 Å². The summed E-state index contributed by atoms with van der Waals surface area (Å²) in [6.45, 7) is 0.534. The molecule has 0 unspecified atom stereocenters. The van der Waals surface area contributed by atoms with Crippen LogP contribution in [-0.2, 0) is 19.5 Å². The SMILES string of the molecule is COc1ccc2nc(CCl)n(Cc3ncn(C)n3)c2c1. The Morgan fingerprint density at radius 2 is 2.20 bits per heavy atom. The molecule has 0 aliphatic heterocycles. The predicted octanol–water partition coefficient (Wildman–Crippen LogP) is 1.96. The van der Waals surface area contributed by atoms with Crippen molar-refractivity contribution < 1.29 is 4.74 Å². The number of methoxy groups -OCH3 is 1. The molecule has 0 radical (unpaired) electrons. The van der Waals surface area contributed by atoms with E-state index in [2.05, 4.69) is 15.1 Å². The van der Waals surface area contributed by atoms with Gasteiger partial charge in [-0.15, -0.1) is 11.6 Å². The molecule has 20 heavy (non-hydrogen) atoms. The molecule has 0 amide bonds. The van der Waals surface area contributed by atoms with Crippen LogP contribution in [0.3, 0.4) is 0 Å². The number of ether oxygens (including phenoxy) is 1. The Kier molecular flexibility index (Phi) is 3.31. The third-order valence-corrected chi connectivity index (χ3v) is 3.34. The van der Waals surface area contributed by atoms with Crippen LogP contribution < -0.4 is 4.74 Å². The molecule has 6 nitrogen and oxygen atoms in total. The highest BCUT2D eigenvalue weighted by Gasteiger charge is 2.13. The maximum atomic E-state index is 5.99. The van der Waals surface area contributed by atoms with Crippen molar-refractivity contribution in [3.05, 3.63) is 36.2 Å². The number of imidazole rings is 1. The molecule has 0 spiro atoms. The molecule has 0 fully saturated rings. The van der Waals surface area contributed by atoms with Gasteiger partial charge in [0.15, 0.2) is 5.82 Å². The van der Waals surface area contributed by atoms with Crippen LogP contribution in [-0.4, -0.2) is 31.4 Å². The first-order valence-electron chi connectivity index (χ1n) is 6.15. The molecule has 0 saturated carbocycles. The van der Waals surface area contributed by atoms with Gasteiger partial charge >= 0.3 is 0 Å². The number of fused-ring (bicyclic) bond motifs is 1. The van der Waals surface area contributed by atoms with E-state index in [1.54, 1.807) is 18.1 Å². The Labute approximate surface area is 121 Å². The van der Waals surface area contributed by atoms with Gasteiger partial charge in [-0.3, -0.25) is 4.68 Å². The van der Waals surface area contributed by atoms with E-state index in [-0.39, 0.29) is 0 Å². The highest BCUT2D eigenvalue weighted by molar-refractivity contribution is 6.16. The van der Waals surface area contributed by atoms with Crippen molar-refractivity contribution in [1.82, 2.24) is 24.3 Å². The lowest BCUT2D eigenvalue weighted by Gasteiger charge is -2.05. The first-order chi connectivity index (χ1) is 9.71. The van der Waals surface area contributed by atoms with Gasteiger partial charge in [0.2, 0.25) is 0 Å². The van der Waals surface area contributed by atoms with Crippen molar-refractivity contribution in [3.8, 4) is 5.75 Å². The van der Waals surface area contributed by atoms with E-state index in [9.17, 15) is 0 Å². The minimum atomic E-state index is 0.337. The average molecular weight is 292 g/mol. The Bertz CT molecular complexity index is 748. The Hall–Kier alpha value is -2.08. The molecule has 7 heteroatoms. The summed E-state index contributed by atoms with van der Waals surface area (Å²) in [5.74, 6) is 2.64. The highest BCUT2D eigenvalue weighted by Crippen LogP contribution is 2.23. The summed E-state index contributed by atoms with van der Waals surface area (Å²) in [6.07, 6.45) is 1.68. The average Bonchev–Trinajstić information content (AvgIpc) is 3.03. The van der Waals surface area contributed by atoms with E-state index in [1.165, 1.54) is 0 Å². The summed E-state index contributed by atoms with van der Waals surface area (Å²) in [4.78, 5) is 8.77. The molecule has 2 aromatic heterocycles. The zero-order valence-electron chi connectivity index (χ0n) is 11.2. The summed E-state index contributed by atoms with van der Waals surface area (Å²) < 4.78 is 8.96. The molecule has 104 valence electrons. The van der Waals surface area contributed by atoms with Crippen molar-refractivity contribution in [2.24, 2.45) is 7.05 Å². The van der Waals surface area contributed by atoms with Crippen LogP contribution >= 0.6 is 11.6 Å². The van der Waals surface area contributed by atoms with E-state index < -0.39 is 0 Å². The lowest BCUT2D eigenvalue weighted by atomic mass is 10.3. The van der Waals surface area contributed by atoms with Gasteiger partial charge in [-0.25, -0.2) is 9.97 Å². The Balaban J connectivity index is 2.10. The fourth-order valence-corrected chi connectivity index (χ4v) is 2.36. The maximum absolute atomic E-state index is 5.99. The summed E-state index contributed by atoms with van der Waals surface area (Å²) in [7, 11) is 3.48. The number of hydrogen-bond donors (Lipinski definition) is 0. The first kappa shape index (κ1) is 12.9. The molecular formula is C13H14ClN5O. The van der Waals surface area contributed by atoms with Crippen LogP contribution in [0.1, 0.15) is 11.6 Å². The minimum absolute atomic E-state index is 0.337. The number of halogens is 1. The second-order valence-corrected chi connectivity index (χ2v) is 4.70. The lowest BCUT2D eigenvalue weighted by Crippen LogP contribution is -2.06. The maximum Gasteiger partial charge on any atom is 0.170 e. The number of hydrogen-bond acceptors (Lipinski definition) is 4. The number of aryl methyl sites for hydroxylation is 1. The van der Waals surface area contributed by atoms with Crippen molar-refractivity contribution >= 4 is 22.6 Å². The number of rotatable bonds is 4. The molecule has 0 aliphatic rings.